The molecule has 2 N–H and O–H groups in total. The van der Waals surface area contributed by atoms with E-state index in [1.165, 1.54) is 5.56 Å². The van der Waals surface area contributed by atoms with Crippen LogP contribution in [0.25, 0.3) is 0 Å². The van der Waals surface area contributed by atoms with Crippen molar-refractivity contribution in [3.63, 3.8) is 0 Å². The molecule has 0 unspecified atom stereocenters. The van der Waals surface area contributed by atoms with Gasteiger partial charge in [-0.2, -0.15) is 0 Å². The fourth-order valence-corrected chi connectivity index (χ4v) is 1.93. The summed E-state index contributed by atoms with van der Waals surface area (Å²) in [5.41, 5.74) is 9.03. The molecule has 19 heavy (non-hydrogen) atoms. The minimum absolute atomic E-state index is 0.481. The molecule has 2 rings (SSSR count). The molecule has 2 aromatic rings. The van der Waals surface area contributed by atoms with E-state index in [1.807, 2.05) is 43.3 Å². The lowest BCUT2D eigenvalue weighted by Crippen LogP contribution is -2.03. The number of nitrogens with two attached hydrogens (primary N) is 1. The summed E-state index contributed by atoms with van der Waals surface area (Å²) in [6.45, 7) is 3.04. The van der Waals surface area contributed by atoms with Crippen LogP contribution in [-0.2, 0) is 13.2 Å². The van der Waals surface area contributed by atoms with Crippen molar-refractivity contribution in [3.8, 4) is 11.5 Å². The lowest BCUT2D eigenvalue weighted by Gasteiger charge is -2.11. The van der Waals surface area contributed by atoms with Gasteiger partial charge in [-0.25, -0.2) is 0 Å². The SMILES string of the molecule is COc1cccc(COc2ccc(C)cc2CN)c1. The number of hydrogen-bond donors (Lipinski definition) is 1. The summed E-state index contributed by atoms with van der Waals surface area (Å²) in [6.07, 6.45) is 0. The second kappa shape index (κ2) is 6.25. The molecule has 100 valence electrons. The number of hydrogen-bond acceptors (Lipinski definition) is 3. The minimum Gasteiger partial charge on any atom is -0.497 e. The molecular weight excluding hydrogens is 238 g/mol. The highest BCUT2D eigenvalue weighted by Gasteiger charge is 2.03. The van der Waals surface area contributed by atoms with Crippen LogP contribution in [0.2, 0.25) is 0 Å². The van der Waals surface area contributed by atoms with Gasteiger partial charge in [-0.1, -0.05) is 29.8 Å². The van der Waals surface area contributed by atoms with Gasteiger partial charge in [-0.3, -0.25) is 0 Å². The van der Waals surface area contributed by atoms with Crippen molar-refractivity contribution in [2.45, 2.75) is 20.1 Å². The van der Waals surface area contributed by atoms with Crippen molar-refractivity contribution < 1.29 is 9.47 Å². The van der Waals surface area contributed by atoms with Crippen molar-refractivity contribution in [1.82, 2.24) is 0 Å². The molecule has 0 atom stereocenters. The summed E-state index contributed by atoms with van der Waals surface area (Å²) in [4.78, 5) is 0. The van der Waals surface area contributed by atoms with Crippen molar-refractivity contribution >= 4 is 0 Å². The second-order valence-electron chi connectivity index (χ2n) is 4.46. The molecule has 0 bridgehead atoms. The van der Waals surface area contributed by atoms with Crippen LogP contribution in [0.5, 0.6) is 11.5 Å². The molecule has 3 nitrogen and oxygen atoms in total. The standard InChI is InChI=1S/C16H19NO2/c1-12-6-7-16(14(8-12)10-17)19-11-13-4-3-5-15(9-13)18-2/h3-9H,10-11,17H2,1-2H3. The third-order valence-corrected chi connectivity index (χ3v) is 2.96. The molecule has 0 spiro atoms. The van der Waals surface area contributed by atoms with E-state index in [0.717, 1.165) is 22.6 Å². The van der Waals surface area contributed by atoms with Crippen LogP contribution in [0.4, 0.5) is 0 Å². The van der Waals surface area contributed by atoms with Gasteiger partial charge in [-0.15, -0.1) is 0 Å². The average molecular weight is 257 g/mol. The van der Waals surface area contributed by atoms with Crippen LogP contribution < -0.4 is 15.2 Å². The number of aryl methyl sites for hydroxylation is 1. The lowest BCUT2D eigenvalue weighted by atomic mass is 10.1. The van der Waals surface area contributed by atoms with Crippen LogP contribution in [0.15, 0.2) is 42.5 Å². The minimum atomic E-state index is 0.481. The highest BCUT2D eigenvalue weighted by Crippen LogP contribution is 2.21. The molecule has 0 fully saturated rings. The molecule has 0 amide bonds. The van der Waals surface area contributed by atoms with E-state index in [9.17, 15) is 0 Å². The van der Waals surface area contributed by atoms with E-state index < -0.39 is 0 Å². The summed E-state index contributed by atoms with van der Waals surface area (Å²) in [6, 6.07) is 13.9. The largest absolute Gasteiger partial charge is 0.497 e. The van der Waals surface area contributed by atoms with Crippen molar-refractivity contribution in [2.24, 2.45) is 5.73 Å². The van der Waals surface area contributed by atoms with E-state index in [2.05, 4.69) is 6.07 Å². The van der Waals surface area contributed by atoms with Gasteiger partial charge in [0, 0.05) is 12.1 Å². The van der Waals surface area contributed by atoms with Crippen LogP contribution in [0, 0.1) is 6.92 Å². The first-order valence-corrected chi connectivity index (χ1v) is 6.28. The topological polar surface area (TPSA) is 44.5 Å². The van der Waals surface area contributed by atoms with Crippen LogP contribution in [-0.4, -0.2) is 7.11 Å². The molecule has 0 aliphatic rings. The first kappa shape index (κ1) is 13.4. The number of rotatable bonds is 5. The highest BCUT2D eigenvalue weighted by molar-refractivity contribution is 5.37. The van der Waals surface area contributed by atoms with Gasteiger partial charge in [0.15, 0.2) is 0 Å². The number of benzene rings is 2. The molecule has 0 heterocycles. The predicted molar refractivity (Wildman–Crippen MR) is 76.4 cm³/mol. The Kier molecular flexibility index (Phi) is 4.42. The molecule has 0 aliphatic heterocycles. The first-order valence-electron chi connectivity index (χ1n) is 6.28. The maximum Gasteiger partial charge on any atom is 0.124 e. The molecule has 0 aliphatic carbocycles. The molecule has 3 heteroatoms. The average Bonchev–Trinajstić information content (AvgIpc) is 2.46. The molecule has 0 aromatic heterocycles. The molecule has 0 radical (unpaired) electrons. The van der Waals surface area contributed by atoms with Crippen LogP contribution in [0.1, 0.15) is 16.7 Å². The Morgan fingerprint density at radius 3 is 2.68 bits per heavy atom. The smallest absolute Gasteiger partial charge is 0.124 e. The third kappa shape index (κ3) is 3.48. The Morgan fingerprint density at radius 1 is 1.11 bits per heavy atom. The van der Waals surface area contributed by atoms with Gasteiger partial charge < -0.3 is 15.2 Å². The summed E-state index contributed by atoms with van der Waals surface area (Å²) < 4.78 is 11.0. The molecule has 0 saturated carbocycles. The summed E-state index contributed by atoms with van der Waals surface area (Å²) >= 11 is 0. The van der Waals surface area contributed by atoms with E-state index in [4.69, 9.17) is 15.2 Å². The van der Waals surface area contributed by atoms with Crippen LogP contribution >= 0.6 is 0 Å². The Balaban J connectivity index is 2.09. The van der Waals surface area contributed by atoms with Crippen molar-refractivity contribution in [1.29, 1.82) is 0 Å². The van der Waals surface area contributed by atoms with E-state index in [0.29, 0.717) is 13.2 Å². The Hall–Kier alpha value is -2.00. The predicted octanol–water partition coefficient (Wildman–Crippen LogP) is 3.04. The monoisotopic (exact) mass is 257 g/mol. The van der Waals surface area contributed by atoms with Gasteiger partial charge >= 0.3 is 0 Å². The second-order valence-corrected chi connectivity index (χ2v) is 4.46. The first-order chi connectivity index (χ1) is 9.22. The summed E-state index contributed by atoms with van der Waals surface area (Å²) in [7, 11) is 1.66. The summed E-state index contributed by atoms with van der Waals surface area (Å²) in [5, 5.41) is 0. The fraction of sp³-hybridized carbons (Fsp3) is 0.250. The van der Waals surface area contributed by atoms with Crippen molar-refractivity contribution in [3.05, 3.63) is 59.2 Å². The lowest BCUT2D eigenvalue weighted by molar-refractivity contribution is 0.302. The van der Waals surface area contributed by atoms with Gasteiger partial charge in [0.05, 0.1) is 7.11 Å². The zero-order valence-electron chi connectivity index (χ0n) is 11.3. The van der Waals surface area contributed by atoms with E-state index >= 15 is 0 Å². The van der Waals surface area contributed by atoms with E-state index in [1.54, 1.807) is 7.11 Å². The normalized spacial score (nSPS) is 10.3. The zero-order valence-corrected chi connectivity index (χ0v) is 11.3. The molecule has 0 saturated heterocycles. The number of methoxy groups -OCH3 is 1. The van der Waals surface area contributed by atoms with E-state index in [-0.39, 0.29) is 0 Å². The Labute approximate surface area is 114 Å². The van der Waals surface area contributed by atoms with Crippen molar-refractivity contribution in [2.75, 3.05) is 7.11 Å². The van der Waals surface area contributed by atoms with Gasteiger partial charge in [0.1, 0.15) is 18.1 Å². The third-order valence-electron chi connectivity index (χ3n) is 2.96. The quantitative estimate of drug-likeness (QED) is 0.895. The van der Waals surface area contributed by atoms with Gasteiger partial charge in [-0.05, 0) is 30.7 Å². The highest BCUT2D eigenvalue weighted by atomic mass is 16.5. The van der Waals surface area contributed by atoms with Gasteiger partial charge in [0.2, 0.25) is 0 Å². The van der Waals surface area contributed by atoms with Crippen LogP contribution in [0.3, 0.4) is 0 Å². The summed E-state index contributed by atoms with van der Waals surface area (Å²) in [5.74, 6) is 1.68. The molecular formula is C16H19NO2. The maximum atomic E-state index is 5.83. The maximum absolute atomic E-state index is 5.83. The van der Waals surface area contributed by atoms with Gasteiger partial charge in [0.25, 0.3) is 0 Å². The fourth-order valence-electron chi connectivity index (χ4n) is 1.93. The Morgan fingerprint density at radius 2 is 1.95 bits per heavy atom. The molecule has 2 aromatic carbocycles. The zero-order chi connectivity index (χ0) is 13.7. The number of ether oxygens (including phenoxy) is 2. The Bertz CT molecular complexity index is 552.